The highest BCUT2D eigenvalue weighted by molar-refractivity contribution is 6.07. The van der Waals surface area contributed by atoms with Crippen molar-refractivity contribution in [3.8, 4) is 0 Å². The first kappa shape index (κ1) is 16.1. The van der Waals surface area contributed by atoms with Crippen LogP contribution in [-0.2, 0) is 4.79 Å². The SMILES string of the molecule is O=C(c1cccc2ccccc12)N1CCN(C(=O)C2CCCC2)CC1. The van der Waals surface area contributed by atoms with E-state index in [4.69, 9.17) is 0 Å². The van der Waals surface area contributed by atoms with Crippen LogP contribution >= 0.6 is 0 Å². The van der Waals surface area contributed by atoms with Gasteiger partial charge in [-0.05, 0) is 29.7 Å². The summed E-state index contributed by atoms with van der Waals surface area (Å²) in [4.78, 5) is 29.4. The molecule has 1 saturated carbocycles. The van der Waals surface area contributed by atoms with E-state index in [2.05, 4.69) is 0 Å². The van der Waals surface area contributed by atoms with Crippen molar-refractivity contribution in [2.24, 2.45) is 5.92 Å². The Bertz CT molecular complexity index is 782. The quantitative estimate of drug-likeness (QED) is 0.844. The Morgan fingerprint density at radius 2 is 1.44 bits per heavy atom. The third kappa shape index (κ3) is 3.13. The molecule has 0 spiro atoms. The summed E-state index contributed by atoms with van der Waals surface area (Å²) in [6, 6.07) is 13.9. The van der Waals surface area contributed by atoms with Gasteiger partial charge in [0.05, 0.1) is 0 Å². The topological polar surface area (TPSA) is 40.6 Å². The van der Waals surface area contributed by atoms with Crippen LogP contribution in [-0.4, -0.2) is 47.8 Å². The molecule has 1 heterocycles. The first-order valence-corrected chi connectivity index (χ1v) is 9.30. The maximum atomic E-state index is 13.0. The van der Waals surface area contributed by atoms with E-state index in [0.717, 1.165) is 29.2 Å². The molecule has 0 unspecified atom stereocenters. The van der Waals surface area contributed by atoms with Crippen molar-refractivity contribution in [1.29, 1.82) is 0 Å². The smallest absolute Gasteiger partial charge is 0.254 e. The molecular weight excluding hydrogens is 312 g/mol. The summed E-state index contributed by atoms with van der Waals surface area (Å²) < 4.78 is 0. The zero-order valence-electron chi connectivity index (χ0n) is 14.5. The molecule has 0 bridgehead atoms. The molecule has 130 valence electrons. The zero-order chi connectivity index (χ0) is 17.2. The molecule has 4 heteroatoms. The monoisotopic (exact) mass is 336 g/mol. The maximum absolute atomic E-state index is 13.0. The van der Waals surface area contributed by atoms with Crippen LogP contribution in [0, 0.1) is 5.92 Å². The molecule has 2 aromatic carbocycles. The summed E-state index contributed by atoms with van der Waals surface area (Å²) in [5.41, 5.74) is 0.758. The Balaban J connectivity index is 1.45. The van der Waals surface area contributed by atoms with E-state index >= 15 is 0 Å². The normalized spacial score (nSPS) is 18.7. The van der Waals surface area contributed by atoms with Crippen molar-refractivity contribution >= 4 is 22.6 Å². The van der Waals surface area contributed by atoms with Gasteiger partial charge in [-0.2, -0.15) is 0 Å². The highest BCUT2D eigenvalue weighted by Gasteiger charge is 2.30. The Morgan fingerprint density at radius 1 is 0.800 bits per heavy atom. The Kier molecular flexibility index (Phi) is 4.43. The second-order valence-electron chi connectivity index (χ2n) is 7.13. The lowest BCUT2D eigenvalue weighted by Gasteiger charge is -2.36. The van der Waals surface area contributed by atoms with Gasteiger partial charge in [0.15, 0.2) is 0 Å². The van der Waals surface area contributed by atoms with Crippen LogP contribution in [0.2, 0.25) is 0 Å². The Morgan fingerprint density at radius 3 is 2.20 bits per heavy atom. The number of nitrogens with zero attached hydrogens (tertiary/aromatic N) is 2. The van der Waals surface area contributed by atoms with Crippen molar-refractivity contribution in [2.45, 2.75) is 25.7 Å². The van der Waals surface area contributed by atoms with Crippen LogP contribution in [0.25, 0.3) is 10.8 Å². The lowest BCUT2D eigenvalue weighted by Crippen LogP contribution is -2.51. The van der Waals surface area contributed by atoms with Gasteiger partial charge in [0.1, 0.15) is 0 Å². The molecule has 4 nitrogen and oxygen atoms in total. The molecule has 0 N–H and O–H groups in total. The highest BCUT2D eigenvalue weighted by atomic mass is 16.2. The van der Waals surface area contributed by atoms with Crippen LogP contribution in [0.1, 0.15) is 36.0 Å². The molecular formula is C21H24N2O2. The summed E-state index contributed by atoms with van der Waals surface area (Å²) in [7, 11) is 0. The van der Waals surface area contributed by atoms with E-state index in [1.807, 2.05) is 52.3 Å². The zero-order valence-corrected chi connectivity index (χ0v) is 14.5. The predicted molar refractivity (Wildman–Crippen MR) is 98.4 cm³/mol. The second kappa shape index (κ2) is 6.87. The van der Waals surface area contributed by atoms with Gasteiger partial charge in [-0.25, -0.2) is 0 Å². The fraction of sp³-hybridized carbons (Fsp3) is 0.429. The Hall–Kier alpha value is -2.36. The minimum absolute atomic E-state index is 0.0739. The molecule has 1 aliphatic carbocycles. The van der Waals surface area contributed by atoms with Gasteiger partial charge in [-0.3, -0.25) is 9.59 Å². The molecule has 0 atom stereocenters. The van der Waals surface area contributed by atoms with Crippen molar-refractivity contribution in [1.82, 2.24) is 9.80 Å². The second-order valence-corrected chi connectivity index (χ2v) is 7.13. The molecule has 25 heavy (non-hydrogen) atoms. The third-order valence-corrected chi connectivity index (χ3v) is 5.60. The largest absolute Gasteiger partial charge is 0.339 e. The van der Waals surface area contributed by atoms with Crippen molar-refractivity contribution in [3.63, 3.8) is 0 Å². The molecule has 0 radical (unpaired) electrons. The number of rotatable bonds is 2. The summed E-state index contributed by atoms with van der Waals surface area (Å²) in [6.07, 6.45) is 4.42. The van der Waals surface area contributed by atoms with Crippen molar-refractivity contribution < 1.29 is 9.59 Å². The van der Waals surface area contributed by atoms with Gasteiger partial charge in [0.2, 0.25) is 5.91 Å². The molecule has 4 rings (SSSR count). The third-order valence-electron chi connectivity index (χ3n) is 5.60. The van der Waals surface area contributed by atoms with Crippen molar-refractivity contribution in [3.05, 3.63) is 48.0 Å². The average Bonchev–Trinajstić information content (AvgIpc) is 3.21. The molecule has 1 saturated heterocycles. The lowest BCUT2D eigenvalue weighted by molar-refractivity contribution is -0.136. The van der Waals surface area contributed by atoms with E-state index in [-0.39, 0.29) is 11.8 Å². The van der Waals surface area contributed by atoms with Gasteiger partial charge in [-0.1, -0.05) is 49.2 Å². The van der Waals surface area contributed by atoms with Crippen LogP contribution in [0.3, 0.4) is 0 Å². The number of carbonyl (C=O) groups is 2. The molecule has 2 fully saturated rings. The van der Waals surface area contributed by atoms with Crippen LogP contribution in [0.4, 0.5) is 0 Å². The molecule has 2 aliphatic rings. The van der Waals surface area contributed by atoms with Gasteiger partial charge in [-0.15, -0.1) is 0 Å². The van der Waals surface area contributed by atoms with Gasteiger partial charge in [0.25, 0.3) is 5.91 Å². The summed E-state index contributed by atoms with van der Waals surface area (Å²) in [6.45, 7) is 2.57. The Labute approximate surface area is 148 Å². The fourth-order valence-corrected chi connectivity index (χ4v) is 4.14. The lowest BCUT2D eigenvalue weighted by atomic mass is 10.0. The molecule has 2 aromatic rings. The molecule has 0 aromatic heterocycles. The first-order valence-electron chi connectivity index (χ1n) is 9.30. The van der Waals surface area contributed by atoms with Crippen LogP contribution in [0.5, 0.6) is 0 Å². The van der Waals surface area contributed by atoms with Gasteiger partial charge < -0.3 is 9.80 Å². The van der Waals surface area contributed by atoms with Crippen LogP contribution in [0.15, 0.2) is 42.5 Å². The number of carbonyl (C=O) groups excluding carboxylic acids is 2. The van der Waals surface area contributed by atoms with Crippen LogP contribution < -0.4 is 0 Å². The van der Waals surface area contributed by atoms with Crippen molar-refractivity contribution in [2.75, 3.05) is 26.2 Å². The number of fused-ring (bicyclic) bond motifs is 1. The van der Waals surface area contributed by atoms with Gasteiger partial charge in [0, 0.05) is 37.7 Å². The molecule has 2 amide bonds. The predicted octanol–water partition coefficient (Wildman–Crippen LogP) is 3.31. The number of piperazine rings is 1. The first-order chi connectivity index (χ1) is 12.2. The van der Waals surface area contributed by atoms with E-state index in [9.17, 15) is 9.59 Å². The van der Waals surface area contributed by atoms with E-state index in [1.54, 1.807) is 0 Å². The van der Waals surface area contributed by atoms with E-state index < -0.39 is 0 Å². The number of hydrogen-bond donors (Lipinski definition) is 0. The van der Waals surface area contributed by atoms with E-state index in [1.165, 1.54) is 12.8 Å². The van der Waals surface area contributed by atoms with E-state index in [0.29, 0.717) is 32.1 Å². The number of hydrogen-bond acceptors (Lipinski definition) is 2. The number of amides is 2. The summed E-state index contributed by atoms with van der Waals surface area (Å²) in [5, 5.41) is 2.09. The average molecular weight is 336 g/mol. The summed E-state index contributed by atoms with van der Waals surface area (Å²) >= 11 is 0. The molecule has 1 aliphatic heterocycles. The summed E-state index contributed by atoms with van der Waals surface area (Å²) in [5.74, 6) is 0.597. The fourth-order valence-electron chi connectivity index (χ4n) is 4.14. The minimum atomic E-state index is 0.0739. The van der Waals surface area contributed by atoms with Gasteiger partial charge >= 0.3 is 0 Å². The highest BCUT2D eigenvalue weighted by Crippen LogP contribution is 2.27. The number of benzene rings is 2. The standard InChI is InChI=1S/C21H24N2O2/c24-20(17-7-1-2-8-17)22-12-14-23(15-13-22)21(25)19-11-5-9-16-6-3-4-10-18(16)19/h3-6,9-11,17H,1-2,7-8,12-15H2. The maximum Gasteiger partial charge on any atom is 0.254 e. The minimum Gasteiger partial charge on any atom is -0.339 e.